The summed E-state index contributed by atoms with van der Waals surface area (Å²) in [5, 5.41) is 6.15. The van der Waals surface area contributed by atoms with Crippen molar-refractivity contribution in [3.8, 4) is 0 Å². The number of hydrogen-bond donors (Lipinski definition) is 2. The molecule has 1 saturated heterocycles. The van der Waals surface area contributed by atoms with Crippen molar-refractivity contribution in [3.05, 3.63) is 0 Å². The zero-order chi connectivity index (χ0) is 11.6. The summed E-state index contributed by atoms with van der Waals surface area (Å²) in [7, 11) is 0. The van der Waals surface area contributed by atoms with Gasteiger partial charge in [-0.3, -0.25) is 0 Å². The van der Waals surface area contributed by atoms with Crippen molar-refractivity contribution >= 4 is 6.09 Å². The lowest BCUT2D eigenvalue weighted by molar-refractivity contribution is -0.0961. The molecule has 1 unspecified atom stereocenters. The van der Waals surface area contributed by atoms with Gasteiger partial charge in [0.05, 0.1) is 0 Å². The quantitative estimate of drug-likeness (QED) is 0.769. The van der Waals surface area contributed by atoms with Crippen molar-refractivity contribution in [2.45, 2.75) is 51.2 Å². The molecule has 0 aromatic rings. The van der Waals surface area contributed by atoms with Crippen LogP contribution in [0.15, 0.2) is 0 Å². The molecule has 2 aliphatic rings. The fourth-order valence-corrected chi connectivity index (χ4v) is 2.66. The number of hydrogen-bond acceptors (Lipinski definition) is 3. The summed E-state index contributed by atoms with van der Waals surface area (Å²) >= 11 is 0. The van der Waals surface area contributed by atoms with Crippen LogP contribution in [0, 0.1) is 5.92 Å². The van der Waals surface area contributed by atoms with E-state index in [1.165, 1.54) is 6.42 Å². The zero-order valence-electron chi connectivity index (χ0n) is 10.2. The van der Waals surface area contributed by atoms with Crippen LogP contribution in [0.1, 0.15) is 39.5 Å². The molecule has 0 spiro atoms. The molecule has 1 saturated carbocycles. The van der Waals surface area contributed by atoms with E-state index in [1.54, 1.807) is 0 Å². The van der Waals surface area contributed by atoms with Crippen molar-refractivity contribution < 1.29 is 9.53 Å². The Hall–Kier alpha value is -0.770. The first kappa shape index (κ1) is 11.7. The summed E-state index contributed by atoms with van der Waals surface area (Å²) in [5.74, 6) is 0.505. The summed E-state index contributed by atoms with van der Waals surface area (Å²) in [6, 6.07) is 0.247. The first-order valence-corrected chi connectivity index (χ1v) is 6.36. The molecule has 4 heteroatoms. The summed E-state index contributed by atoms with van der Waals surface area (Å²) in [6.45, 7) is 6.11. The first-order valence-electron chi connectivity index (χ1n) is 6.36. The van der Waals surface area contributed by atoms with Crippen molar-refractivity contribution in [1.29, 1.82) is 0 Å². The van der Waals surface area contributed by atoms with Crippen LogP contribution in [-0.2, 0) is 4.74 Å². The lowest BCUT2D eigenvalue weighted by atomic mass is 9.69. The van der Waals surface area contributed by atoms with Gasteiger partial charge in [-0.25, -0.2) is 4.79 Å². The van der Waals surface area contributed by atoms with E-state index in [-0.39, 0.29) is 17.7 Å². The lowest BCUT2D eigenvalue weighted by Crippen LogP contribution is -2.51. The average molecular weight is 226 g/mol. The molecule has 0 radical (unpaired) electrons. The molecule has 1 heterocycles. The minimum Gasteiger partial charge on any atom is -0.443 e. The third kappa shape index (κ3) is 2.17. The largest absolute Gasteiger partial charge is 0.443 e. The van der Waals surface area contributed by atoms with E-state index in [1.807, 2.05) is 0 Å². The summed E-state index contributed by atoms with van der Waals surface area (Å²) < 4.78 is 5.62. The van der Waals surface area contributed by atoms with Gasteiger partial charge in [0.15, 0.2) is 0 Å². The van der Waals surface area contributed by atoms with E-state index in [9.17, 15) is 4.79 Å². The second kappa shape index (κ2) is 4.62. The Labute approximate surface area is 97.1 Å². The summed E-state index contributed by atoms with van der Waals surface area (Å²) in [6.07, 6.45) is 3.88. The highest BCUT2D eigenvalue weighted by atomic mass is 16.6. The van der Waals surface area contributed by atoms with Crippen LogP contribution >= 0.6 is 0 Å². The van der Waals surface area contributed by atoms with E-state index < -0.39 is 0 Å². The fraction of sp³-hybridized carbons (Fsp3) is 0.917. The van der Waals surface area contributed by atoms with Crippen LogP contribution in [0.4, 0.5) is 4.79 Å². The molecule has 92 valence electrons. The molecule has 1 aliphatic carbocycles. The van der Waals surface area contributed by atoms with Gasteiger partial charge in [0.2, 0.25) is 0 Å². The Bertz CT molecular complexity index is 260. The molecule has 2 fully saturated rings. The lowest BCUT2D eigenvalue weighted by Gasteiger charge is -2.46. The van der Waals surface area contributed by atoms with Crippen LogP contribution < -0.4 is 10.6 Å². The standard InChI is InChI=1S/C12H22N2O2/c1-3-12(6-4-9(12)2)16-11(15)14-10-5-7-13-8-10/h9-10,13H,3-8H2,1-2H3,(H,14,15)/t9-,10+,12?/m0/s1. The van der Waals surface area contributed by atoms with E-state index in [2.05, 4.69) is 24.5 Å². The van der Waals surface area contributed by atoms with Crippen molar-refractivity contribution in [1.82, 2.24) is 10.6 Å². The number of ether oxygens (including phenoxy) is 1. The highest BCUT2D eigenvalue weighted by Gasteiger charge is 2.46. The average Bonchev–Trinajstić information content (AvgIpc) is 2.76. The number of carbonyl (C=O) groups is 1. The predicted molar refractivity (Wildman–Crippen MR) is 62.3 cm³/mol. The van der Waals surface area contributed by atoms with Crippen LogP contribution in [0.2, 0.25) is 0 Å². The second-order valence-corrected chi connectivity index (χ2v) is 5.08. The fourth-order valence-electron chi connectivity index (χ4n) is 2.66. The molecule has 0 aromatic carbocycles. The van der Waals surface area contributed by atoms with Gasteiger partial charge in [0, 0.05) is 12.6 Å². The van der Waals surface area contributed by atoms with E-state index in [0.29, 0.717) is 5.92 Å². The van der Waals surface area contributed by atoms with Gasteiger partial charge in [-0.15, -0.1) is 0 Å². The van der Waals surface area contributed by atoms with Crippen LogP contribution in [0.25, 0.3) is 0 Å². The molecule has 0 aromatic heterocycles. The second-order valence-electron chi connectivity index (χ2n) is 5.08. The molecule has 2 N–H and O–H groups in total. The van der Waals surface area contributed by atoms with Crippen molar-refractivity contribution in [2.24, 2.45) is 5.92 Å². The predicted octanol–water partition coefficient (Wildman–Crippen LogP) is 1.65. The minimum atomic E-state index is -0.234. The molecular formula is C12H22N2O2. The molecule has 1 aliphatic heterocycles. The zero-order valence-corrected chi connectivity index (χ0v) is 10.2. The van der Waals surface area contributed by atoms with Gasteiger partial charge < -0.3 is 15.4 Å². The smallest absolute Gasteiger partial charge is 0.407 e. The Morgan fingerprint density at radius 3 is 2.81 bits per heavy atom. The Morgan fingerprint density at radius 1 is 1.56 bits per heavy atom. The number of rotatable bonds is 3. The van der Waals surface area contributed by atoms with Gasteiger partial charge in [0.25, 0.3) is 0 Å². The van der Waals surface area contributed by atoms with E-state index in [0.717, 1.165) is 32.4 Å². The number of carbonyl (C=O) groups excluding carboxylic acids is 1. The SMILES string of the molecule is CCC1(OC(=O)N[C@@H]2CCNC2)CC[C@@H]1C. The van der Waals surface area contributed by atoms with Crippen LogP contribution in [0.3, 0.4) is 0 Å². The topological polar surface area (TPSA) is 50.4 Å². The third-order valence-electron chi connectivity index (χ3n) is 4.18. The maximum absolute atomic E-state index is 11.8. The number of alkyl carbamates (subject to hydrolysis) is 1. The van der Waals surface area contributed by atoms with E-state index >= 15 is 0 Å². The van der Waals surface area contributed by atoms with Gasteiger partial charge in [0.1, 0.15) is 5.60 Å². The molecule has 1 amide bonds. The Kier molecular flexibility index (Phi) is 3.38. The third-order valence-corrected chi connectivity index (χ3v) is 4.18. The normalized spacial score (nSPS) is 37.9. The number of amides is 1. The molecule has 3 atom stereocenters. The molecule has 4 nitrogen and oxygen atoms in total. The highest BCUT2D eigenvalue weighted by Crippen LogP contribution is 2.43. The molecule has 0 bridgehead atoms. The Morgan fingerprint density at radius 2 is 2.38 bits per heavy atom. The first-order chi connectivity index (χ1) is 7.66. The van der Waals surface area contributed by atoms with Crippen molar-refractivity contribution in [3.63, 3.8) is 0 Å². The van der Waals surface area contributed by atoms with Crippen LogP contribution in [0.5, 0.6) is 0 Å². The molecular weight excluding hydrogens is 204 g/mol. The van der Waals surface area contributed by atoms with Gasteiger partial charge in [-0.2, -0.15) is 0 Å². The van der Waals surface area contributed by atoms with Gasteiger partial charge in [-0.1, -0.05) is 13.8 Å². The highest BCUT2D eigenvalue weighted by molar-refractivity contribution is 5.68. The number of nitrogens with one attached hydrogen (secondary N) is 2. The molecule has 2 rings (SSSR count). The Balaban J connectivity index is 1.81. The molecule has 16 heavy (non-hydrogen) atoms. The van der Waals surface area contributed by atoms with E-state index in [4.69, 9.17) is 4.74 Å². The minimum absolute atomic E-state index is 0.184. The van der Waals surface area contributed by atoms with Crippen LogP contribution in [-0.4, -0.2) is 30.8 Å². The maximum Gasteiger partial charge on any atom is 0.407 e. The van der Waals surface area contributed by atoms with Gasteiger partial charge in [-0.05, 0) is 38.1 Å². The summed E-state index contributed by atoms with van der Waals surface area (Å²) in [4.78, 5) is 11.8. The van der Waals surface area contributed by atoms with Crippen molar-refractivity contribution in [2.75, 3.05) is 13.1 Å². The maximum atomic E-state index is 11.8. The monoisotopic (exact) mass is 226 g/mol. The summed E-state index contributed by atoms with van der Waals surface area (Å²) in [5.41, 5.74) is -0.184. The van der Waals surface area contributed by atoms with Gasteiger partial charge >= 0.3 is 6.09 Å².